The van der Waals surface area contributed by atoms with E-state index >= 15 is 0 Å². The zero-order chi connectivity index (χ0) is 22.7. The molecule has 0 saturated heterocycles. The zero-order valence-electron chi connectivity index (χ0n) is 17.7. The molecule has 32 heavy (non-hydrogen) atoms. The van der Waals surface area contributed by atoms with Gasteiger partial charge in [-0.25, -0.2) is 9.78 Å². The molecular formula is C26H21N3O3. The van der Waals surface area contributed by atoms with Gasteiger partial charge in [-0.1, -0.05) is 42.5 Å². The summed E-state index contributed by atoms with van der Waals surface area (Å²) in [5.41, 5.74) is 4.28. The number of pyridine rings is 1. The van der Waals surface area contributed by atoms with E-state index in [0.717, 1.165) is 11.1 Å². The fourth-order valence-corrected chi connectivity index (χ4v) is 3.45. The van der Waals surface area contributed by atoms with Crippen molar-refractivity contribution in [3.8, 4) is 11.3 Å². The number of carbonyl (C=O) groups excluding carboxylic acids is 3. The third-order valence-corrected chi connectivity index (χ3v) is 5.03. The van der Waals surface area contributed by atoms with Crippen molar-refractivity contribution in [2.45, 2.75) is 13.8 Å². The van der Waals surface area contributed by atoms with Gasteiger partial charge in [-0.15, -0.1) is 0 Å². The van der Waals surface area contributed by atoms with Crippen LogP contribution in [0.25, 0.3) is 22.2 Å². The summed E-state index contributed by atoms with van der Waals surface area (Å²) in [5, 5.41) is 5.55. The average molecular weight is 423 g/mol. The fraction of sp³-hybridized carbons (Fsp3) is 0.0769. The summed E-state index contributed by atoms with van der Waals surface area (Å²) in [6, 6.07) is 22.7. The minimum atomic E-state index is -0.644. The van der Waals surface area contributed by atoms with Crippen molar-refractivity contribution in [3.63, 3.8) is 0 Å². The molecule has 4 rings (SSSR count). The largest absolute Gasteiger partial charge is 0.326 e. The summed E-state index contributed by atoms with van der Waals surface area (Å²) in [7, 11) is 0. The van der Waals surface area contributed by atoms with Crippen molar-refractivity contribution in [2.24, 2.45) is 0 Å². The summed E-state index contributed by atoms with van der Waals surface area (Å²) < 4.78 is 0. The first-order valence-corrected chi connectivity index (χ1v) is 10.1. The fourth-order valence-electron chi connectivity index (χ4n) is 3.45. The Hall–Kier alpha value is -4.32. The molecule has 2 N–H and O–H groups in total. The number of ketones is 1. The molecule has 0 atom stereocenters. The highest BCUT2D eigenvalue weighted by molar-refractivity contribution is 6.15. The number of nitrogens with zero attached hydrogens (tertiary/aromatic N) is 1. The topological polar surface area (TPSA) is 88.2 Å². The highest BCUT2D eigenvalue weighted by Crippen LogP contribution is 2.26. The zero-order valence-corrected chi connectivity index (χ0v) is 17.7. The van der Waals surface area contributed by atoms with Gasteiger partial charge in [0.2, 0.25) is 0 Å². The quantitative estimate of drug-likeness (QED) is 0.432. The van der Waals surface area contributed by atoms with E-state index in [0.29, 0.717) is 27.8 Å². The number of aromatic nitrogens is 1. The predicted octanol–water partition coefficient (Wildman–Crippen LogP) is 5.37. The molecule has 4 aromatic rings. The van der Waals surface area contributed by atoms with Crippen molar-refractivity contribution in [2.75, 3.05) is 5.32 Å². The molecule has 0 saturated carbocycles. The van der Waals surface area contributed by atoms with Crippen molar-refractivity contribution in [1.82, 2.24) is 10.3 Å². The number of anilines is 1. The maximum atomic E-state index is 13.1. The van der Waals surface area contributed by atoms with E-state index in [1.165, 1.54) is 6.92 Å². The number of hydrogen-bond acceptors (Lipinski definition) is 4. The van der Waals surface area contributed by atoms with Gasteiger partial charge < -0.3 is 5.32 Å². The Labute approximate surface area is 185 Å². The highest BCUT2D eigenvalue weighted by Gasteiger charge is 2.17. The first-order chi connectivity index (χ1) is 15.4. The van der Waals surface area contributed by atoms with Crippen LogP contribution >= 0.6 is 0 Å². The number of amides is 3. The van der Waals surface area contributed by atoms with Crippen LogP contribution in [0.5, 0.6) is 0 Å². The summed E-state index contributed by atoms with van der Waals surface area (Å²) in [6.07, 6.45) is 0. The molecule has 0 fully saturated rings. The second-order valence-electron chi connectivity index (χ2n) is 7.49. The van der Waals surface area contributed by atoms with Gasteiger partial charge in [0, 0.05) is 22.2 Å². The summed E-state index contributed by atoms with van der Waals surface area (Å²) in [4.78, 5) is 42.1. The van der Waals surface area contributed by atoms with Crippen LogP contribution in [-0.2, 0) is 0 Å². The Bertz CT molecular complexity index is 1350. The molecule has 0 bridgehead atoms. The minimum Gasteiger partial charge on any atom is -0.308 e. The van der Waals surface area contributed by atoms with E-state index in [1.54, 1.807) is 36.4 Å². The maximum absolute atomic E-state index is 13.1. The van der Waals surface area contributed by atoms with Crippen LogP contribution in [0.15, 0.2) is 78.9 Å². The van der Waals surface area contributed by atoms with Crippen LogP contribution < -0.4 is 10.6 Å². The van der Waals surface area contributed by atoms with E-state index in [1.807, 2.05) is 49.4 Å². The number of nitrogens with one attached hydrogen (secondary N) is 2. The lowest BCUT2D eigenvalue weighted by Gasteiger charge is -2.12. The second-order valence-corrected chi connectivity index (χ2v) is 7.49. The second kappa shape index (κ2) is 8.81. The Balaban J connectivity index is 1.72. The number of benzene rings is 3. The lowest BCUT2D eigenvalue weighted by atomic mass is 10.0. The van der Waals surface area contributed by atoms with Crippen LogP contribution in [0, 0.1) is 6.92 Å². The van der Waals surface area contributed by atoms with Crippen LogP contribution in [-0.4, -0.2) is 22.7 Å². The van der Waals surface area contributed by atoms with E-state index in [2.05, 4.69) is 15.6 Å². The van der Waals surface area contributed by atoms with Gasteiger partial charge in [-0.05, 0) is 55.8 Å². The third-order valence-electron chi connectivity index (χ3n) is 5.03. The number of aryl methyl sites for hydroxylation is 1. The van der Waals surface area contributed by atoms with Gasteiger partial charge in [0.05, 0.1) is 16.8 Å². The van der Waals surface area contributed by atoms with Crippen molar-refractivity contribution in [1.29, 1.82) is 0 Å². The molecule has 0 unspecified atom stereocenters. The summed E-state index contributed by atoms with van der Waals surface area (Å²) >= 11 is 0. The third kappa shape index (κ3) is 4.54. The highest BCUT2D eigenvalue weighted by atomic mass is 16.2. The van der Waals surface area contributed by atoms with Crippen LogP contribution in [0.1, 0.15) is 33.2 Å². The number of hydrogen-bond donors (Lipinski definition) is 2. The van der Waals surface area contributed by atoms with Gasteiger partial charge >= 0.3 is 6.03 Å². The minimum absolute atomic E-state index is 0.123. The Morgan fingerprint density at radius 1 is 0.844 bits per heavy atom. The molecule has 1 aromatic heterocycles. The average Bonchev–Trinajstić information content (AvgIpc) is 2.78. The van der Waals surface area contributed by atoms with Crippen LogP contribution in [0.4, 0.5) is 10.5 Å². The molecule has 3 aromatic carbocycles. The molecule has 158 valence electrons. The lowest BCUT2D eigenvalue weighted by molar-refractivity contribution is 0.0966. The van der Waals surface area contributed by atoms with Gasteiger partial charge in [0.15, 0.2) is 5.78 Å². The first-order valence-electron chi connectivity index (χ1n) is 10.1. The normalized spacial score (nSPS) is 10.6. The molecule has 0 aliphatic heterocycles. The monoisotopic (exact) mass is 423 g/mol. The number of urea groups is 1. The lowest BCUT2D eigenvalue weighted by Crippen LogP contribution is -2.34. The van der Waals surface area contributed by atoms with E-state index in [-0.39, 0.29) is 11.3 Å². The molecule has 0 aliphatic carbocycles. The summed E-state index contributed by atoms with van der Waals surface area (Å²) in [6.45, 7) is 3.37. The number of carbonyl (C=O) groups is 3. The number of fused-ring (bicyclic) bond motifs is 1. The SMILES string of the molecule is CC(=O)c1ccc2nc(-c3ccccc3)cc(C(=O)NC(=O)Nc3cccc(C)c3)c2c1. The first kappa shape index (κ1) is 20.9. The molecule has 0 aliphatic rings. The predicted molar refractivity (Wildman–Crippen MR) is 125 cm³/mol. The molecule has 3 amide bonds. The van der Waals surface area contributed by atoms with Crippen molar-refractivity contribution in [3.05, 3.63) is 95.6 Å². The molecular weight excluding hydrogens is 402 g/mol. The van der Waals surface area contributed by atoms with E-state index in [9.17, 15) is 14.4 Å². The Morgan fingerprint density at radius 3 is 2.34 bits per heavy atom. The maximum Gasteiger partial charge on any atom is 0.326 e. The molecule has 6 heteroatoms. The molecule has 1 heterocycles. The van der Waals surface area contributed by atoms with E-state index < -0.39 is 11.9 Å². The standard InChI is InChI=1S/C26H21N3O3/c1-16-7-6-10-20(13-16)27-26(32)29-25(31)22-15-24(18-8-4-3-5-9-18)28-23-12-11-19(17(2)30)14-21(22)23/h3-15H,1-2H3,(H2,27,29,31,32). The number of imide groups is 1. The van der Waals surface area contributed by atoms with Gasteiger partial charge in [0.1, 0.15) is 0 Å². The van der Waals surface area contributed by atoms with Crippen molar-refractivity contribution < 1.29 is 14.4 Å². The number of rotatable bonds is 4. The smallest absolute Gasteiger partial charge is 0.308 e. The molecule has 0 spiro atoms. The van der Waals surface area contributed by atoms with Crippen LogP contribution in [0.2, 0.25) is 0 Å². The Kier molecular flexibility index (Phi) is 5.77. The van der Waals surface area contributed by atoms with Gasteiger partial charge in [-0.2, -0.15) is 0 Å². The van der Waals surface area contributed by atoms with Crippen molar-refractivity contribution >= 4 is 34.3 Å². The Morgan fingerprint density at radius 2 is 1.62 bits per heavy atom. The van der Waals surface area contributed by atoms with Gasteiger partial charge in [-0.3, -0.25) is 14.9 Å². The molecule has 6 nitrogen and oxygen atoms in total. The van der Waals surface area contributed by atoms with Gasteiger partial charge in [0.25, 0.3) is 5.91 Å². The summed E-state index contributed by atoms with van der Waals surface area (Å²) in [5.74, 6) is -0.706. The van der Waals surface area contributed by atoms with E-state index in [4.69, 9.17) is 0 Å². The van der Waals surface area contributed by atoms with Crippen LogP contribution in [0.3, 0.4) is 0 Å². The molecule has 0 radical (unpaired) electrons. The number of Topliss-reactive ketones (excluding diaryl/α,β-unsaturated/α-hetero) is 1.